The Morgan fingerprint density at radius 1 is 1.23 bits per heavy atom. The highest BCUT2D eigenvalue weighted by atomic mass is 16.2. The van der Waals surface area contributed by atoms with Crippen LogP contribution in [-0.4, -0.2) is 51.0 Å². The first-order valence-electron chi connectivity index (χ1n) is 10.4. The summed E-state index contributed by atoms with van der Waals surface area (Å²) in [6, 6.07) is 9.49. The predicted molar refractivity (Wildman–Crippen MR) is 115 cm³/mol. The Hall–Kier alpha value is -3.42. The van der Waals surface area contributed by atoms with Crippen molar-refractivity contribution in [3.63, 3.8) is 0 Å². The lowest BCUT2D eigenvalue weighted by molar-refractivity contribution is -0.121. The van der Waals surface area contributed by atoms with E-state index < -0.39 is 6.04 Å². The molecular weight excluding hydrogens is 380 g/mol. The average molecular weight is 406 g/mol. The number of hydrogen-bond donors (Lipinski definition) is 3. The second kappa shape index (κ2) is 8.94. The van der Waals surface area contributed by atoms with Gasteiger partial charge in [-0.15, -0.1) is 0 Å². The molecule has 1 unspecified atom stereocenters. The van der Waals surface area contributed by atoms with Gasteiger partial charge >= 0.3 is 0 Å². The molecular formula is C22H26N6O2. The first-order chi connectivity index (χ1) is 14.7. The number of H-pyrrole nitrogens is 1. The Labute approximate surface area is 175 Å². The van der Waals surface area contributed by atoms with E-state index in [0.29, 0.717) is 48.3 Å². The first-order valence-corrected chi connectivity index (χ1v) is 10.4. The zero-order chi connectivity index (χ0) is 20.9. The SMILES string of the molecule is CCN(Cc1ccccc1)C(=O)c1cnc2[nH]ncc2c1NC1CCCCNC1=O. The molecule has 1 fully saturated rings. The van der Waals surface area contributed by atoms with Gasteiger partial charge < -0.3 is 15.5 Å². The average Bonchev–Trinajstić information content (AvgIpc) is 3.17. The molecule has 4 rings (SSSR count). The van der Waals surface area contributed by atoms with E-state index in [0.717, 1.165) is 18.4 Å². The van der Waals surface area contributed by atoms with Crippen LogP contribution in [0.4, 0.5) is 5.69 Å². The van der Waals surface area contributed by atoms with Crippen LogP contribution in [0.3, 0.4) is 0 Å². The summed E-state index contributed by atoms with van der Waals surface area (Å²) in [6.45, 7) is 3.70. The van der Waals surface area contributed by atoms with Crippen molar-refractivity contribution >= 4 is 28.5 Å². The Kier molecular flexibility index (Phi) is 5.92. The molecule has 0 spiro atoms. The smallest absolute Gasteiger partial charge is 0.257 e. The quantitative estimate of drug-likeness (QED) is 0.584. The van der Waals surface area contributed by atoms with E-state index in [1.165, 1.54) is 0 Å². The molecule has 3 heterocycles. The van der Waals surface area contributed by atoms with Gasteiger partial charge in [-0.05, 0) is 31.7 Å². The summed E-state index contributed by atoms with van der Waals surface area (Å²) in [6.07, 6.45) is 5.81. The molecule has 0 radical (unpaired) electrons. The van der Waals surface area contributed by atoms with E-state index in [4.69, 9.17) is 0 Å². The van der Waals surface area contributed by atoms with Crippen molar-refractivity contribution in [3.8, 4) is 0 Å². The number of nitrogens with zero attached hydrogens (tertiary/aromatic N) is 3. The summed E-state index contributed by atoms with van der Waals surface area (Å²) < 4.78 is 0. The molecule has 1 aliphatic heterocycles. The minimum absolute atomic E-state index is 0.0454. The maximum absolute atomic E-state index is 13.5. The lowest BCUT2D eigenvalue weighted by atomic mass is 10.1. The predicted octanol–water partition coefficient (Wildman–Crippen LogP) is 2.70. The number of pyridine rings is 1. The summed E-state index contributed by atoms with van der Waals surface area (Å²) in [4.78, 5) is 32.1. The second-order valence-corrected chi connectivity index (χ2v) is 7.47. The number of carbonyl (C=O) groups excluding carboxylic acids is 2. The number of aromatic amines is 1. The standard InChI is InChI=1S/C22H26N6O2/c1-2-28(14-15-8-4-3-5-9-15)22(30)17-12-24-20-16(13-25-27-20)19(17)26-18-10-6-7-11-23-21(18)29/h3-5,8-9,12-13,18H,2,6-7,10-11,14H2,1H3,(H,23,29)(H2,24,25,26,27). The van der Waals surface area contributed by atoms with E-state index >= 15 is 0 Å². The number of benzene rings is 1. The maximum atomic E-state index is 13.5. The van der Waals surface area contributed by atoms with Crippen molar-refractivity contribution in [2.75, 3.05) is 18.4 Å². The van der Waals surface area contributed by atoms with Crippen LogP contribution in [0.25, 0.3) is 11.0 Å². The van der Waals surface area contributed by atoms with E-state index in [2.05, 4.69) is 25.8 Å². The fourth-order valence-corrected chi connectivity index (χ4v) is 3.77. The van der Waals surface area contributed by atoms with Gasteiger partial charge in [0, 0.05) is 25.8 Å². The number of anilines is 1. The second-order valence-electron chi connectivity index (χ2n) is 7.47. The molecule has 1 atom stereocenters. The molecule has 2 amide bonds. The van der Waals surface area contributed by atoms with Gasteiger partial charge in [-0.1, -0.05) is 30.3 Å². The summed E-state index contributed by atoms with van der Waals surface area (Å²) in [5.41, 5.74) is 2.68. The number of nitrogens with one attached hydrogen (secondary N) is 3. The van der Waals surface area contributed by atoms with E-state index in [1.54, 1.807) is 17.3 Å². The lowest BCUT2D eigenvalue weighted by Gasteiger charge is -2.24. The van der Waals surface area contributed by atoms with Gasteiger partial charge in [-0.3, -0.25) is 14.7 Å². The monoisotopic (exact) mass is 406 g/mol. The minimum Gasteiger partial charge on any atom is -0.372 e. The Balaban J connectivity index is 1.68. The fraction of sp³-hybridized carbons (Fsp3) is 0.364. The van der Waals surface area contributed by atoms with Crippen LogP contribution >= 0.6 is 0 Å². The van der Waals surface area contributed by atoms with Gasteiger partial charge in [0.2, 0.25) is 5.91 Å². The van der Waals surface area contributed by atoms with Crippen LogP contribution < -0.4 is 10.6 Å². The molecule has 0 aliphatic carbocycles. The lowest BCUT2D eigenvalue weighted by Crippen LogP contribution is -2.39. The zero-order valence-corrected chi connectivity index (χ0v) is 17.0. The van der Waals surface area contributed by atoms with Crippen molar-refractivity contribution in [2.24, 2.45) is 0 Å². The molecule has 1 aliphatic rings. The van der Waals surface area contributed by atoms with Gasteiger partial charge in [0.15, 0.2) is 5.65 Å². The molecule has 3 N–H and O–H groups in total. The molecule has 3 aromatic rings. The Morgan fingerprint density at radius 3 is 2.87 bits per heavy atom. The van der Waals surface area contributed by atoms with Crippen LogP contribution in [0, 0.1) is 0 Å². The van der Waals surface area contributed by atoms with E-state index in [9.17, 15) is 9.59 Å². The Morgan fingerprint density at radius 2 is 2.07 bits per heavy atom. The van der Waals surface area contributed by atoms with Crippen LogP contribution in [0.15, 0.2) is 42.7 Å². The molecule has 0 bridgehead atoms. The number of fused-ring (bicyclic) bond motifs is 1. The number of carbonyl (C=O) groups is 2. The summed E-state index contributed by atoms with van der Waals surface area (Å²) in [5.74, 6) is -0.176. The molecule has 8 heteroatoms. The third-order valence-corrected chi connectivity index (χ3v) is 5.45. The van der Waals surface area contributed by atoms with Crippen molar-refractivity contribution in [1.29, 1.82) is 0 Å². The summed E-state index contributed by atoms with van der Waals surface area (Å²) in [5, 5.41) is 13.9. The highest BCUT2D eigenvalue weighted by Gasteiger charge is 2.26. The van der Waals surface area contributed by atoms with E-state index in [1.807, 2.05) is 37.3 Å². The molecule has 0 saturated carbocycles. The molecule has 8 nitrogen and oxygen atoms in total. The molecule has 1 aromatic carbocycles. The van der Waals surface area contributed by atoms with Crippen molar-refractivity contribution in [3.05, 3.63) is 53.9 Å². The van der Waals surface area contributed by atoms with Crippen LogP contribution in [0.5, 0.6) is 0 Å². The highest BCUT2D eigenvalue weighted by molar-refractivity contribution is 6.07. The van der Waals surface area contributed by atoms with Gasteiger partial charge in [0.1, 0.15) is 6.04 Å². The van der Waals surface area contributed by atoms with Crippen LogP contribution in [0.1, 0.15) is 42.1 Å². The van der Waals surface area contributed by atoms with Gasteiger partial charge in [0.25, 0.3) is 5.91 Å². The van der Waals surface area contributed by atoms with Crippen LogP contribution in [-0.2, 0) is 11.3 Å². The molecule has 2 aromatic heterocycles. The van der Waals surface area contributed by atoms with Gasteiger partial charge in [-0.25, -0.2) is 4.98 Å². The zero-order valence-electron chi connectivity index (χ0n) is 17.0. The topological polar surface area (TPSA) is 103 Å². The number of rotatable bonds is 6. The Bertz CT molecular complexity index is 1030. The highest BCUT2D eigenvalue weighted by Crippen LogP contribution is 2.28. The third kappa shape index (κ3) is 4.12. The normalized spacial score (nSPS) is 16.7. The third-order valence-electron chi connectivity index (χ3n) is 5.45. The van der Waals surface area contributed by atoms with Crippen molar-refractivity contribution < 1.29 is 9.59 Å². The molecule has 156 valence electrons. The first kappa shape index (κ1) is 19.9. The molecule has 1 saturated heterocycles. The van der Waals surface area contributed by atoms with Crippen LogP contribution in [0.2, 0.25) is 0 Å². The fourth-order valence-electron chi connectivity index (χ4n) is 3.77. The number of hydrogen-bond acceptors (Lipinski definition) is 5. The largest absolute Gasteiger partial charge is 0.372 e. The van der Waals surface area contributed by atoms with E-state index in [-0.39, 0.29) is 11.8 Å². The summed E-state index contributed by atoms with van der Waals surface area (Å²) in [7, 11) is 0. The number of amides is 2. The van der Waals surface area contributed by atoms with Gasteiger partial charge in [0.05, 0.1) is 22.8 Å². The summed E-state index contributed by atoms with van der Waals surface area (Å²) >= 11 is 0. The minimum atomic E-state index is -0.399. The number of aromatic nitrogens is 3. The van der Waals surface area contributed by atoms with Gasteiger partial charge in [-0.2, -0.15) is 5.10 Å². The molecule has 30 heavy (non-hydrogen) atoms. The maximum Gasteiger partial charge on any atom is 0.257 e. The van der Waals surface area contributed by atoms with Crippen molar-refractivity contribution in [1.82, 2.24) is 25.4 Å². The van der Waals surface area contributed by atoms with Crippen molar-refractivity contribution in [2.45, 2.75) is 38.8 Å².